The number of hydrogen-bond donors (Lipinski definition) is 1. The molecule has 4 aliphatic carbocycles. The summed E-state index contributed by atoms with van der Waals surface area (Å²) in [4.78, 5) is 16.1. The van der Waals surface area contributed by atoms with Gasteiger partial charge < -0.3 is 10.6 Å². The molecule has 5 aliphatic rings. The quantitative estimate of drug-likeness (QED) is 0.712. The number of alkyl halides is 1. The highest BCUT2D eigenvalue weighted by atomic mass is 35.5. The van der Waals surface area contributed by atoms with Crippen molar-refractivity contribution in [1.82, 2.24) is 4.90 Å². The van der Waals surface area contributed by atoms with Crippen molar-refractivity contribution >= 4 is 17.5 Å². The molecule has 1 aromatic rings. The largest absolute Gasteiger partial charge is 0.342 e. The van der Waals surface area contributed by atoms with Crippen molar-refractivity contribution in [3.8, 4) is 0 Å². The second-order valence-electron chi connectivity index (χ2n) is 11.6. The molecule has 5 fully saturated rings. The molecule has 3 atom stereocenters. The van der Waals surface area contributed by atoms with Crippen molar-refractivity contribution in [1.29, 1.82) is 0 Å². The molecule has 0 aromatic heterocycles. The number of amides is 1. The minimum Gasteiger partial charge on any atom is -0.342 e. The van der Waals surface area contributed by atoms with Crippen molar-refractivity contribution in [3.63, 3.8) is 0 Å². The Morgan fingerprint density at radius 2 is 1.69 bits per heavy atom. The van der Waals surface area contributed by atoms with E-state index in [2.05, 4.69) is 56.0 Å². The number of halogens is 1. The Balaban J connectivity index is 1.51. The third-order valence-corrected chi connectivity index (χ3v) is 9.88. The van der Waals surface area contributed by atoms with Crippen LogP contribution in [-0.2, 0) is 10.2 Å². The monoisotopic (exact) mass is 414 g/mol. The highest BCUT2D eigenvalue weighted by Crippen LogP contribution is 2.70. The smallest absolute Gasteiger partial charge is 0.228 e. The van der Waals surface area contributed by atoms with Crippen LogP contribution in [0.4, 0.5) is 0 Å². The Labute approximate surface area is 180 Å². The van der Waals surface area contributed by atoms with Crippen molar-refractivity contribution in [2.45, 2.75) is 75.6 Å². The molecule has 0 spiro atoms. The first-order chi connectivity index (χ1) is 13.6. The number of nitrogens with two attached hydrogens (primary N) is 1. The summed E-state index contributed by atoms with van der Waals surface area (Å²) in [5.41, 5.74) is 7.62. The second kappa shape index (κ2) is 6.23. The van der Waals surface area contributed by atoms with Crippen LogP contribution in [0.1, 0.15) is 64.9 Å². The molecular formula is C25H35ClN2O. The molecule has 2 unspecified atom stereocenters. The fourth-order valence-electron chi connectivity index (χ4n) is 7.53. The third-order valence-electron chi connectivity index (χ3n) is 9.26. The van der Waals surface area contributed by atoms with Gasteiger partial charge in [0.1, 0.15) is 0 Å². The molecule has 0 radical (unpaired) electrons. The lowest BCUT2D eigenvalue weighted by Gasteiger charge is -2.67. The van der Waals surface area contributed by atoms with Crippen molar-refractivity contribution < 1.29 is 4.79 Å². The molecule has 2 N–H and O–H groups in total. The predicted octanol–water partition coefficient (Wildman–Crippen LogP) is 4.72. The number of carbonyl (C=O) groups excluding carboxylic acids is 1. The van der Waals surface area contributed by atoms with Crippen molar-refractivity contribution in [2.24, 2.45) is 28.4 Å². The number of rotatable bonds is 2. The first-order valence-electron chi connectivity index (χ1n) is 11.4. The maximum Gasteiger partial charge on any atom is 0.228 e. The summed E-state index contributed by atoms with van der Waals surface area (Å²) < 4.78 is 0. The minimum absolute atomic E-state index is 0.0195. The van der Waals surface area contributed by atoms with Crippen LogP contribution in [0.5, 0.6) is 0 Å². The molecule has 4 bridgehead atoms. The topological polar surface area (TPSA) is 46.3 Å². The standard InChI is InChI=1S/C25H35ClN2O/c1-22(2)16-28(10-9-20(22)27)21(29)25-13-18-11-24(15-25,17-7-5-4-6-8-17)12-19(14-25)23(18,3)26/h4-8,18-20H,9-16,27H2,1-3H3/t18?,19?,20-,23?,24?,25?/m0/s1. The first-order valence-corrected chi connectivity index (χ1v) is 11.8. The molecule has 4 heteroatoms. The molecule has 1 aromatic carbocycles. The molecule has 158 valence electrons. The minimum atomic E-state index is -0.242. The lowest BCUT2D eigenvalue weighted by Crippen LogP contribution is -2.67. The fourth-order valence-corrected chi connectivity index (χ4v) is 7.84. The van der Waals surface area contributed by atoms with Crippen LogP contribution >= 0.6 is 11.6 Å². The van der Waals surface area contributed by atoms with Gasteiger partial charge in [-0.25, -0.2) is 0 Å². The molecule has 1 amide bonds. The molecule has 1 aliphatic heterocycles. The van der Waals surface area contributed by atoms with E-state index in [1.54, 1.807) is 0 Å². The Hall–Kier alpha value is -1.06. The lowest BCUT2D eigenvalue weighted by molar-refractivity contribution is -0.167. The highest BCUT2D eigenvalue weighted by Gasteiger charge is 2.67. The van der Waals surface area contributed by atoms with Gasteiger partial charge in [-0.15, -0.1) is 11.6 Å². The van der Waals surface area contributed by atoms with E-state index in [9.17, 15) is 4.79 Å². The Bertz CT molecular complexity index is 799. The van der Waals surface area contributed by atoms with E-state index < -0.39 is 0 Å². The lowest BCUT2D eigenvalue weighted by atomic mass is 9.40. The van der Waals surface area contributed by atoms with Crippen LogP contribution in [0.15, 0.2) is 30.3 Å². The number of hydrogen-bond acceptors (Lipinski definition) is 2. The van der Waals surface area contributed by atoms with Gasteiger partial charge in [0, 0.05) is 24.0 Å². The van der Waals surface area contributed by atoms with Gasteiger partial charge >= 0.3 is 0 Å². The van der Waals surface area contributed by atoms with E-state index in [-0.39, 0.29) is 27.2 Å². The van der Waals surface area contributed by atoms with Gasteiger partial charge in [-0.2, -0.15) is 0 Å². The summed E-state index contributed by atoms with van der Waals surface area (Å²) in [6.07, 6.45) is 6.06. The SMILES string of the molecule is CC1(Cl)C2CC3(C(=O)N4CC[C@H](N)C(C)(C)C4)CC1CC(c1ccccc1)(C2)C3. The van der Waals surface area contributed by atoms with Crippen LogP contribution < -0.4 is 5.73 Å². The van der Waals surface area contributed by atoms with Gasteiger partial charge in [-0.1, -0.05) is 44.2 Å². The summed E-state index contributed by atoms with van der Waals surface area (Å²) >= 11 is 7.15. The fraction of sp³-hybridized carbons (Fsp3) is 0.720. The zero-order valence-corrected chi connectivity index (χ0v) is 18.8. The predicted molar refractivity (Wildman–Crippen MR) is 118 cm³/mol. The molecule has 4 saturated carbocycles. The normalized spacial score (nSPS) is 45.4. The van der Waals surface area contributed by atoms with Gasteiger partial charge in [0.2, 0.25) is 5.91 Å². The molecule has 3 nitrogen and oxygen atoms in total. The Morgan fingerprint density at radius 3 is 2.28 bits per heavy atom. The van der Waals surface area contributed by atoms with Crippen LogP contribution in [-0.4, -0.2) is 34.8 Å². The van der Waals surface area contributed by atoms with E-state index in [0.29, 0.717) is 17.7 Å². The van der Waals surface area contributed by atoms with Crippen molar-refractivity contribution in [3.05, 3.63) is 35.9 Å². The molecule has 1 saturated heterocycles. The second-order valence-corrected chi connectivity index (χ2v) is 12.4. The molecular weight excluding hydrogens is 380 g/mol. The maximum atomic E-state index is 14.1. The third kappa shape index (κ3) is 2.83. The molecule has 1 heterocycles. The summed E-state index contributed by atoms with van der Waals surface area (Å²) in [6.45, 7) is 8.23. The van der Waals surface area contributed by atoms with Crippen LogP contribution in [0.2, 0.25) is 0 Å². The van der Waals surface area contributed by atoms with E-state index in [0.717, 1.165) is 51.6 Å². The van der Waals surface area contributed by atoms with E-state index in [1.165, 1.54) is 5.56 Å². The average molecular weight is 415 g/mol. The van der Waals surface area contributed by atoms with E-state index in [4.69, 9.17) is 17.3 Å². The van der Waals surface area contributed by atoms with E-state index in [1.807, 2.05) is 0 Å². The van der Waals surface area contributed by atoms with Crippen LogP contribution in [0.25, 0.3) is 0 Å². The van der Waals surface area contributed by atoms with Crippen LogP contribution in [0.3, 0.4) is 0 Å². The number of piperidine rings is 1. The number of carbonyl (C=O) groups is 1. The maximum absolute atomic E-state index is 14.1. The van der Waals surface area contributed by atoms with Gasteiger partial charge in [-0.3, -0.25) is 4.79 Å². The zero-order valence-electron chi connectivity index (χ0n) is 18.1. The highest BCUT2D eigenvalue weighted by molar-refractivity contribution is 6.24. The number of benzene rings is 1. The van der Waals surface area contributed by atoms with Gasteiger partial charge in [0.15, 0.2) is 0 Å². The van der Waals surface area contributed by atoms with Crippen molar-refractivity contribution in [2.75, 3.05) is 13.1 Å². The average Bonchev–Trinajstić information content (AvgIpc) is 2.68. The first kappa shape index (κ1) is 19.9. The molecule has 6 rings (SSSR count). The number of likely N-dealkylation sites (tertiary alicyclic amines) is 1. The summed E-state index contributed by atoms with van der Waals surface area (Å²) in [6, 6.07) is 11.1. The summed E-state index contributed by atoms with van der Waals surface area (Å²) in [7, 11) is 0. The Morgan fingerprint density at radius 1 is 1.07 bits per heavy atom. The van der Waals surface area contributed by atoms with Gasteiger partial charge in [0.25, 0.3) is 0 Å². The Kier molecular flexibility index (Phi) is 4.27. The van der Waals surface area contributed by atoms with Gasteiger partial charge in [-0.05, 0) is 73.7 Å². The van der Waals surface area contributed by atoms with E-state index >= 15 is 0 Å². The summed E-state index contributed by atoms with van der Waals surface area (Å²) in [5.74, 6) is 1.21. The molecule has 29 heavy (non-hydrogen) atoms. The summed E-state index contributed by atoms with van der Waals surface area (Å²) in [5, 5.41) is 0. The van der Waals surface area contributed by atoms with Gasteiger partial charge in [0.05, 0.1) is 5.41 Å². The zero-order chi connectivity index (χ0) is 20.7. The van der Waals surface area contributed by atoms with Crippen LogP contribution in [0, 0.1) is 22.7 Å². The number of nitrogens with zero attached hydrogens (tertiary/aromatic N) is 1.